The molecule has 1 heterocycles. The molecule has 1 saturated heterocycles. The van der Waals surface area contributed by atoms with Crippen LogP contribution in [0.25, 0.3) is 0 Å². The van der Waals surface area contributed by atoms with E-state index in [9.17, 15) is 0 Å². The maximum atomic E-state index is 5.67. The van der Waals surface area contributed by atoms with Crippen LogP contribution in [0.1, 0.15) is 18.1 Å². The molecular formula is C12H18ClNO. The van der Waals surface area contributed by atoms with Crippen LogP contribution in [-0.2, 0) is 11.2 Å². The first-order chi connectivity index (χ1) is 6.68. The van der Waals surface area contributed by atoms with E-state index < -0.39 is 0 Å². The molecular weight excluding hydrogens is 210 g/mol. The molecule has 84 valence electrons. The van der Waals surface area contributed by atoms with Crippen molar-refractivity contribution in [2.24, 2.45) is 0 Å². The van der Waals surface area contributed by atoms with E-state index in [4.69, 9.17) is 4.74 Å². The summed E-state index contributed by atoms with van der Waals surface area (Å²) in [5.74, 6) is 0. The zero-order valence-corrected chi connectivity index (χ0v) is 10.1. The van der Waals surface area contributed by atoms with Crippen molar-refractivity contribution in [2.75, 3.05) is 13.2 Å². The highest BCUT2D eigenvalue weighted by atomic mass is 35.5. The fraction of sp³-hybridized carbons (Fsp3) is 0.500. The molecule has 1 aromatic carbocycles. The lowest BCUT2D eigenvalue weighted by Gasteiger charge is -2.23. The van der Waals surface area contributed by atoms with Crippen molar-refractivity contribution < 1.29 is 4.74 Å². The van der Waals surface area contributed by atoms with Gasteiger partial charge in [-0.25, -0.2) is 0 Å². The van der Waals surface area contributed by atoms with Gasteiger partial charge in [0.15, 0.2) is 0 Å². The average molecular weight is 228 g/mol. The molecule has 0 aliphatic carbocycles. The number of rotatable bonds is 2. The summed E-state index contributed by atoms with van der Waals surface area (Å²) in [5.41, 5.74) is 2.49. The van der Waals surface area contributed by atoms with Crippen LogP contribution < -0.4 is 5.32 Å². The van der Waals surface area contributed by atoms with Crippen LogP contribution in [0.4, 0.5) is 0 Å². The summed E-state index contributed by atoms with van der Waals surface area (Å²) in [6.07, 6.45) is 0.939. The van der Waals surface area contributed by atoms with E-state index in [1.54, 1.807) is 0 Å². The molecule has 0 amide bonds. The van der Waals surface area contributed by atoms with Crippen LogP contribution in [0.5, 0.6) is 0 Å². The first kappa shape index (κ1) is 12.5. The summed E-state index contributed by atoms with van der Waals surface area (Å²) >= 11 is 0. The van der Waals surface area contributed by atoms with Crippen molar-refractivity contribution in [1.82, 2.24) is 5.32 Å². The average Bonchev–Trinajstić information content (AvgIpc) is 2.51. The van der Waals surface area contributed by atoms with Gasteiger partial charge in [0.25, 0.3) is 0 Å². The maximum absolute atomic E-state index is 5.67. The smallest absolute Gasteiger partial charge is 0.120 e. The zero-order valence-electron chi connectivity index (χ0n) is 9.25. The lowest BCUT2D eigenvalue weighted by Crippen LogP contribution is -2.39. The molecule has 3 heteroatoms. The van der Waals surface area contributed by atoms with Crippen LogP contribution in [0.2, 0.25) is 0 Å². The Morgan fingerprint density at radius 2 is 2.27 bits per heavy atom. The number of ether oxygens (including phenoxy) is 1. The monoisotopic (exact) mass is 227 g/mol. The molecule has 1 aliphatic heterocycles. The Kier molecular flexibility index (Phi) is 4.14. The third-order valence-electron chi connectivity index (χ3n) is 2.65. The third-order valence-corrected chi connectivity index (χ3v) is 2.65. The molecule has 1 fully saturated rings. The maximum Gasteiger partial charge on any atom is 0.120 e. The predicted molar refractivity (Wildman–Crippen MR) is 64.5 cm³/mol. The Hall–Kier alpha value is -0.570. The second-order valence-corrected chi connectivity index (χ2v) is 4.17. The standard InChI is InChI=1S/C12H17NO.ClH/c1-10-4-3-5-11(8-10)9-12(2)13-6-7-14-12;/h3-5,8,13H,6-7,9H2,1-2H3;1H. The topological polar surface area (TPSA) is 21.3 Å². The summed E-state index contributed by atoms with van der Waals surface area (Å²) < 4.78 is 5.67. The highest BCUT2D eigenvalue weighted by Gasteiger charge is 2.28. The lowest BCUT2D eigenvalue weighted by atomic mass is 10.0. The van der Waals surface area contributed by atoms with Crippen molar-refractivity contribution in [3.8, 4) is 0 Å². The Morgan fingerprint density at radius 3 is 2.87 bits per heavy atom. The first-order valence-corrected chi connectivity index (χ1v) is 5.12. The summed E-state index contributed by atoms with van der Waals surface area (Å²) in [7, 11) is 0. The minimum atomic E-state index is -0.159. The summed E-state index contributed by atoms with van der Waals surface area (Å²) in [4.78, 5) is 0. The molecule has 0 spiro atoms. The van der Waals surface area contributed by atoms with Crippen molar-refractivity contribution in [2.45, 2.75) is 26.0 Å². The van der Waals surface area contributed by atoms with E-state index in [0.29, 0.717) is 0 Å². The van der Waals surface area contributed by atoms with Gasteiger partial charge in [-0.15, -0.1) is 12.4 Å². The van der Waals surface area contributed by atoms with Crippen LogP contribution in [0, 0.1) is 6.92 Å². The summed E-state index contributed by atoms with van der Waals surface area (Å²) in [6.45, 7) is 6.02. The third kappa shape index (κ3) is 3.20. The molecule has 0 aromatic heterocycles. The Morgan fingerprint density at radius 1 is 1.47 bits per heavy atom. The lowest BCUT2D eigenvalue weighted by molar-refractivity contribution is 0.00702. The van der Waals surface area contributed by atoms with E-state index in [2.05, 4.69) is 43.4 Å². The number of halogens is 1. The van der Waals surface area contributed by atoms with E-state index in [1.807, 2.05) is 0 Å². The Labute approximate surface area is 97.4 Å². The second kappa shape index (κ2) is 4.97. The summed E-state index contributed by atoms with van der Waals surface area (Å²) in [6, 6.07) is 8.59. The fourth-order valence-corrected chi connectivity index (χ4v) is 1.97. The van der Waals surface area contributed by atoms with Crippen molar-refractivity contribution in [3.05, 3.63) is 35.4 Å². The van der Waals surface area contributed by atoms with Gasteiger partial charge in [-0.2, -0.15) is 0 Å². The Balaban J connectivity index is 0.00000112. The molecule has 1 aromatic rings. The van der Waals surface area contributed by atoms with E-state index >= 15 is 0 Å². The van der Waals surface area contributed by atoms with E-state index in [1.165, 1.54) is 11.1 Å². The Bertz CT molecular complexity index is 321. The first-order valence-electron chi connectivity index (χ1n) is 5.12. The summed E-state index contributed by atoms with van der Waals surface area (Å²) in [5, 5.41) is 3.38. The molecule has 1 atom stereocenters. The highest BCUT2D eigenvalue weighted by Crippen LogP contribution is 2.18. The van der Waals surface area contributed by atoms with Crippen molar-refractivity contribution >= 4 is 12.4 Å². The van der Waals surface area contributed by atoms with Crippen LogP contribution in [0.3, 0.4) is 0 Å². The molecule has 0 saturated carbocycles. The predicted octanol–water partition coefficient (Wildman–Crippen LogP) is 2.30. The van der Waals surface area contributed by atoms with Gasteiger partial charge in [0.2, 0.25) is 0 Å². The molecule has 1 unspecified atom stereocenters. The van der Waals surface area contributed by atoms with Gasteiger partial charge in [0, 0.05) is 13.0 Å². The minimum Gasteiger partial charge on any atom is -0.359 e. The van der Waals surface area contributed by atoms with Gasteiger partial charge in [0.1, 0.15) is 5.72 Å². The van der Waals surface area contributed by atoms with Gasteiger partial charge < -0.3 is 4.74 Å². The number of nitrogens with one attached hydrogen (secondary N) is 1. The number of benzene rings is 1. The van der Waals surface area contributed by atoms with Gasteiger partial charge in [0.05, 0.1) is 6.61 Å². The largest absolute Gasteiger partial charge is 0.359 e. The second-order valence-electron chi connectivity index (χ2n) is 4.17. The molecule has 0 bridgehead atoms. The van der Waals surface area contributed by atoms with Gasteiger partial charge in [-0.1, -0.05) is 29.8 Å². The SMILES string of the molecule is Cc1cccc(CC2(C)NCCO2)c1.Cl. The number of aryl methyl sites for hydroxylation is 1. The zero-order chi connectivity index (χ0) is 10.0. The molecule has 1 N–H and O–H groups in total. The number of hydrogen-bond donors (Lipinski definition) is 1. The molecule has 2 rings (SSSR count). The van der Waals surface area contributed by atoms with Crippen LogP contribution >= 0.6 is 12.4 Å². The molecule has 0 radical (unpaired) electrons. The minimum absolute atomic E-state index is 0. The highest BCUT2D eigenvalue weighted by molar-refractivity contribution is 5.85. The quantitative estimate of drug-likeness (QED) is 0.837. The normalized spacial score (nSPS) is 24.9. The van der Waals surface area contributed by atoms with Crippen LogP contribution in [-0.4, -0.2) is 18.9 Å². The van der Waals surface area contributed by atoms with E-state index in [-0.39, 0.29) is 18.1 Å². The molecule has 2 nitrogen and oxygen atoms in total. The molecule has 1 aliphatic rings. The van der Waals surface area contributed by atoms with Gasteiger partial charge >= 0.3 is 0 Å². The van der Waals surface area contributed by atoms with Crippen molar-refractivity contribution in [1.29, 1.82) is 0 Å². The fourth-order valence-electron chi connectivity index (χ4n) is 1.97. The number of hydrogen-bond acceptors (Lipinski definition) is 2. The van der Waals surface area contributed by atoms with E-state index in [0.717, 1.165) is 19.6 Å². The molecule has 15 heavy (non-hydrogen) atoms. The van der Waals surface area contributed by atoms with Gasteiger partial charge in [-0.05, 0) is 19.4 Å². The van der Waals surface area contributed by atoms with Gasteiger partial charge in [-0.3, -0.25) is 5.32 Å². The van der Waals surface area contributed by atoms with Crippen molar-refractivity contribution in [3.63, 3.8) is 0 Å². The van der Waals surface area contributed by atoms with Crippen LogP contribution in [0.15, 0.2) is 24.3 Å².